The molecule has 1 saturated carbocycles. The van der Waals surface area contributed by atoms with Crippen LogP contribution in [0.15, 0.2) is 0 Å². The molecule has 0 bridgehead atoms. The Hall–Kier alpha value is 0.110. The van der Waals surface area contributed by atoms with Crippen LogP contribution in [-0.2, 0) is 4.79 Å². The zero-order chi connectivity index (χ0) is 12.8. The van der Waals surface area contributed by atoms with E-state index in [1.54, 1.807) is 0 Å². The van der Waals surface area contributed by atoms with Crippen LogP contribution in [0.2, 0.25) is 0 Å². The summed E-state index contributed by atoms with van der Waals surface area (Å²) in [6, 6.07) is 0. The molecule has 2 atom stereocenters. The maximum atomic E-state index is 11.9. The third-order valence-corrected chi connectivity index (χ3v) is 5.84. The predicted octanol–water partition coefficient (Wildman–Crippen LogP) is 3.29. The van der Waals surface area contributed by atoms with Crippen molar-refractivity contribution in [2.45, 2.75) is 38.5 Å². The average Bonchev–Trinajstić information content (AvgIpc) is 2.85. The molecule has 104 valence electrons. The topological polar surface area (TPSA) is 29.1 Å². The molecule has 2 fully saturated rings. The Bertz CT molecular complexity index is 269. The molecule has 4 heteroatoms. The number of thioether (sulfide) groups is 1. The van der Waals surface area contributed by atoms with Crippen LogP contribution in [0.5, 0.6) is 0 Å². The van der Waals surface area contributed by atoms with Gasteiger partial charge in [-0.1, -0.05) is 6.42 Å². The maximum Gasteiger partial charge on any atom is 0.220 e. The predicted molar refractivity (Wildman–Crippen MR) is 79.2 cm³/mol. The van der Waals surface area contributed by atoms with E-state index in [9.17, 15) is 4.79 Å². The lowest BCUT2D eigenvalue weighted by Crippen LogP contribution is -2.32. The average molecular weight is 290 g/mol. The first kappa shape index (κ1) is 14.5. The van der Waals surface area contributed by atoms with Gasteiger partial charge in [0, 0.05) is 18.8 Å². The third kappa shape index (κ3) is 4.34. The van der Waals surface area contributed by atoms with Crippen molar-refractivity contribution in [2.75, 3.05) is 23.9 Å². The number of halogens is 1. The number of carbonyl (C=O) groups excluding carboxylic acids is 1. The van der Waals surface area contributed by atoms with Gasteiger partial charge < -0.3 is 5.32 Å². The van der Waals surface area contributed by atoms with Crippen LogP contribution in [0, 0.1) is 17.8 Å². The molecule has 2 nitrogen and oxygen atoms in total. The van der Waals surface area contributed by atoms with Crippen molar-refractivity contribution in [2.24, 2.45) is 17.8 Å². The number of hydrogen-bond acceptors (Lipinski definition) is 2. The fraction of sp³-hybridized carbons (Fsp3) is 0.929. The first-order valence-corrected chi connectivity index (χ1v) is 8.89. The lowest BCUT2D eigenvalue weighted by Gasteiger charge is -2.22. The van der Waals surface area contributed by atoms with E-state index in [2.05, 4.69) is 5.32 Å². The van der Waals surface area contributed by atoms with E-state index in [1.807, 2.05) is 11.8 Å². The molecule has 1 aliphatic carbocycles. The van der Waals surface area contributed by atoms with Crippen molar-refractivity contribution >= 4 is 29.3 Å². The van der Waals surface area contributed by atoms with E-state index < -0.39 is 0 Å². The summed E-state index contributed by atoms with van der Waals surface area (Å²) >= 11 is 7.97. The van der Waals surface area contributed by atoms with Crippen molar-refractivity contribution < 1.29 is 4.79 Å². The molecule has 1 heterocycles. The van der Waals surface area contributed by atoms with Crippen LogP contribution in [0.1, 0.15) is 38.5 Å². The van der Waals surface area contributed by atoms with E-state index >= 15 is 0 Å². The number of hydrogen-bond donors (Lipinski definition) is 1. The van der Waals surface area contributed by atoms with E-state index in [0.717, 1.165) is 18.8 Å². The molecule has 2 aliphatic rings. The van der Waals surface area contributed by atoms with Crippen LogP contribution in [0.3, 0.4) is 0 Å². The number of amides is 1. The normalized spacial score (nSPS) is 29.4. The lowest BCUT2D eigenvalue weighted by molar-refractivity contribution is -0.122. The van der Waals surface area contributed by atoms with Gasteiger partial charge >= 0.3 is 0 Å². The van der Waals surface area contributed by atoms with Gasteiger partial charge in [-0.15, -0.1) is 11.6 Å². The zero-order valence-corrected chi connectivity index (χ0v) is 12.6. The molecule has 1 saturated heterocycles. The second kappa shape index (κ2) is 7.64. The third-order valence-electron chi connectivity index (χ3n) is 4.39. The molecule has 0 aromatic rings. The molecule has 0 spiro atoms. The quantitative estimate of drug-likeness (QED) is 0.787. The standard InChI is InChI=1S/C14H24ClNOS/c15-9-12-2-1-3-13(12)10-16-14(17)8-11-4-6-18-7-5-11/h11-13H,1-10H2,(H,16,17). The molecule has 0 radical (unpaired) electrons. The second-order valence-electron chi connectivity index (χ2n) is 5.67. The molecule has 0 aromatic carbocycles. The van der Waals surface area contributed by atoms with Gasteiger partial charge in [0.25, 0.3) is 0 Å². The molecular formula is C14H24ClNOS. The van der Waals surface area contributed by atoms with Crippen molar-refractivity contribution in [3.8, 4) is 0 Å². The molecule has 1 amide bonds. The van der Waals surface area contributed by atoms with E-state index in [-0.39, 0.29) is 5.91 Å². The fourth-order valence-electron chi connectivity index (χ4n) is 3.12. The highest BCUT2D eigenvalue weighted by Crippen LogP contribution is 2.32. The van der Waals surface area contributed by atoms with Crippen molar-refractivity contribution in [3.63, 3.8) is 0 Å². The molecule has 0 aromatic heterocycles. The van der Waals surface area contributed by atoms with E-state index in [0.29, 0.717) is 17.8 Å². The largest absolute Gasteiger partial charge is 0.356 e. The van der Waals surface area contributed by atoms with Gasteiger partial charge in [0.1, 0.15) is 0 Å². The van der Waals surface area contributed by atoms with Crippen LogP contribution in [-0.4, -0.2) is 29.8 Å². The Labute approximate surface area is 120 Å². The van der Waals surface area contributed by atoms with Gasteiger partial charge in [-0.2, -0.15) is 11.8 Å². The van der Waals surface area contributed by atoms with Gasteiger partial charge in [-0.05, 0) is 54.9 Å². The van der Waals surface area contributed by atoms with E-state index in [4.69, 9.17) is 11.6 Å². The Balaban J connectivity index is 1.64. The molecule has 2 rings (SSSR count). The summed E-state index contributed by atoms with van der Waals surface area (Å²) in [5.74, 6) is 5.33. The minimum absolute atomic E-state index is 0.257. The first-order chi connectivity index (χ1) is 8.79. The number of rotatable bonds is 5. The van der Waals surface area contributed by atoms with Gasteiger partial charge in [0.15, 0.2) is 0 Å². The van der Waals surface area contributed by atoms with Crippen molar-refractivity contribution in [3.05, 3.63) is 0 Å². The minimum atomic E-state index is 0.257. The van der Waals surface area contributed by atoms with Crippen LogP contribution in [0.4, 0.5) is 0 Å². The van der Waals surface area contributed by atoms with E-state index in [1.165, 1.54) is 43.6 Å². The molecule has 18 heavy (non-hydrogen) atoms. The fourth-order valence-corrected chi connectivity index (χ4v) is 4.73. The van der Waals surface area contributed by atoms with Crippen molar-refractivity contribution in [1.29, 1.82) is 0 Å². The number of nitrogens with one attached hydrogen (secondary N) is 1. The van der Waals surface area contributed by atoms with Gasteiger partial charge in [-0.3, -0.25) is 4.79 Å². The van der Waals surface area contributed by atoms with Gasteiger partial charge in [0.2, 0.25) is 5.91 Å². The summed E-state index contributed by atoms with van der Waals surface area (Å²) in [7, 11) is 0. The van der Waals surface area contributed by atoms with Gasteiger partial charge in [0.05, 0.1) is 0 Å². The second-order valence-corrected chi connectivity index (χ2v) is 7.20. The summed E-state index contributed by atoms with van der Waals surface area (Å²) in [4.78, 5) is 11.9. The Kier molecular flexibility index (Phi) is 6.16. The Morgan fingerprint density at radius 3 is 2.61 bits per heavy atom. The van der Waals surface area contributed by atoms with Crippen LogP contribution < -0.4 is 5.32 Å². The monoisotopic (exact) mass is 289 g/mol. The summed E-state index contributed by atoms with van der Waals surface area (Å²) < 4.78 is 0. The number of carbonyl (C=O) groups is 1. The molecule has 1 aliphatic heterocycles. The SMILES string of the molecule is O=C(CC1CCSCC1)NCC1CCCC1CCl. The van der Waals surface area contributed by atoms with Gasteiger partial charge in [-0.25, -0.2) is 0 Å². The van der Waals surface area contributed by atoms with Crippen molar-refractivity contribution in [1.82, 2.24) is 5.32 Å². The Morgan fingerprint density at radius 2 is 1.89 bits per heavy atom. The maximum absolute atomic E-state index is 11.9. The minimum Gasteiger partial charge on any atom is -0.356 e. The summed E-state index contributed by atoms with van der Waals surface area (Å²) in [5, 5.41) is 3.13. The highest BCUT2D eigenvalue weighted by Gasteiger charge is 2.27. The van der Waals surface area contributed by atoms with Crippen LogP contribution >= 0.6 is 23.4 Å². The summed E-state index contributed by atoms with van der Waals surface area (Å²) in [6.45, 7) is 0.845. The highest BCUT2D eigenvalue weighted by atomic mass is 35.5. The molecular weight excluding hydrogens is 266 g/mol. The number of alkyl halides is 1. The first-order valence-electron chi connectivity index (χ1n) is 7.20. The zero-order valence-electron chi connectivity index (χ0n) is 11.0. The molecule has 2 unspecified atom stereocenters. The smallest absolute Gasteiger partial charge is 0.220 e. The summed E-state index contributed by atoms with van der Waals surface area (Å²) in [6.07, 6.45) is 6.91. The lowest BCUT2D eigenvalue weighted by atomic mass is 9.96. The Morgan fingerprint density at radius 1 is 1.17 bits per heavy atom. The summed E-state index contributed by atoms with van der Waals surface area (Å²) in [5.41, 5.74) is 0. The van der Waals surface area contributed by atoms with Crippen LogP contribution in [0.25, 0.3) is 0 Å². The highest BCUT2D eigenvalue weighted by molar-refractivity contribution is 7.99. The molecule has 1 N–H and O–H groups in total.